The van der Waals surface area contributed by atoms with Gasteiger partial charge in [-0.05, 0) is 31.2 Å². The van der Waals surface area contributed by atoms with E-state index in [-0.39, 0.29) is 5.91 Å². The van der Waals surface area contributed by atoms with Crippen molar-refractivity contribution in [1.82, 2.24) is 10.6 Å². The number of hydrogen-bond donors (Lipinski definition) is 3. The molecule has 7 nitrogen and oxygen atoms in total. The fourth-order valence-corrected chi connectivity index (χ4v) is 2.25. The third-order valence-electron chi connectivity index (χ3n) is 3.58. The van der Waals surface area contributed by atoms with Crippen LogP contribution in [0.3, 0.4) is 0 Å². The van der Waals surface area contributed by atoms with Crippen LogP contribution < -0.4 is 16.0 Å². The molecule has 0 aliphatic rings. The molecule has 0 unspecified atom stereocenters. The highest BCUT2D eigenvalue weighted by molar-refractivity contribution is 5.94. The Morgan fingerprint density at radius 1 is 0.929 bits per heavy atom. The lowest BCUT2D eigenvalue weighted by Gasteiger charge is -2.09. The maximum absolute atomic E-state index is 12.0. The van der Waals surface area contributed by atoms with Crippen LogP contribution in [0.5, 0.6) is 0 Å². The van der Waals surface area contributed by atoms with Gasteiger partial charge in [-0.25, -0.2) is 0 Å². The minimum atomic E-state index is -0.120. The molecule has 3 N–H and O–H groups in total. The Hall–Kier alpha value is -1.93. The van der Waals surface area contributed by atoms with Crippen LogP contribution in [-0.2, 0) is 14.2 Å². The van der Waals surface area contributed by atoms with Gasteiger partial charge in [0.1, 0.15) is 0 Å². The zero-order valence-electron chi connectivity index (χ0n) is 17.4. The van der Waals surface area contributed by atoms with Crippen LogP contribution in [0.4, 0.5) is 5.69 Å². The Balaban J connectivity index is 1.95. The largest absolute Gasteiger partial charge is 0.378 e. The summed E-state index contributed by atoms with van der Waals surface area (Å²) in [5, 5.41) is 9.21. The quantitative estimate of drug-likeness (QED) is 0.374. The van der Waals surface area contributed by atoms with Crippen molar-refractivity contribution in [1.29, 1.82) is 0 Å². The van der Waals surface area contributed by atoms with Gasteiger partial charge in [0.25, 0.3) is 5.91 Å². The molecule has 0 saturated heterocycles. The van der Waals surface area contributed by atoms with Crippen molar-refractivity contribution in [3.05, 3.63) is 42.1 Å². The number of anilines is 1. The van der Waals surface area contributed by atoms with Crippen LogP contribution in [-0.4, -0.2) is 64.7 Å². The number of amides is 1. The topological polar surface area (TPSA) is 80.9 Å². The minimum Gasteiger partial charge on any atom is -0.378 e. The molecule has 158 valence electrons. The highest BCUT2D eigenvalue weighted by Crippen LogP contribution is 2.11. The Bertz CT molecular complexity index is 561. The van der Waals surface area contributed by atoms with Gasteiger partial charge in [0, 0.05) is 36.1 Å². The molecular formula is C21H35N3O4. The van der Waals surface area contributed by atoms with Crippen molar-refractivity contribution in [3.63, 3.8) is 0 Å². The van der Waals surface area contributed by atoms with Crippen molar-refractivity contribution in [2.75, 3.05) is 58.0 Å². The van der Waals surface area contributed by atoms with Crippen molar-refractivity contribution in [2.45, 2.75) is 26.8 Å². The zero-order valence-corrected chi connectivity index (χ0v) is 17.4. The summed E-state index contributed by atoms with van der Waals surface area (Å²) in [6.45, 7) is 14.5. The first kappa shape index (κ1) is 24.1. The first-order valence-corrected chi connectivity index (χ1v) is 9.76. The smallest absolute Gasteiger partial charge is 0.251 e. The maximum Gasteiger partial charge on any atom is 0.251 e. The van der Waals surface area contributed by atoms with E-state index in [0.717, 1.165) is 17.9 Å². The van der Waals surface area contributed by atoms with Gasteiger partial charge >= 0.3 is 0 Å². The fraction of sp³-hybridized carbons (Fsp3) is 0.571. The number of hydrogen-bond acceptors (Lipinski definition) is 6. The van der Waals surface area contributed by atoms with E-state index >= 15 is 0 Å². The predicted molar refractivity (Wildman–Crippen MR) is 113 cm³/mol. The fourth-order valence-electron chi connectivity index (χ4n) is 2.25. The van der Waals surface area contributed by atoms with E-state index in [1.165, 1.54) is 0 Å². The average Bonchev–Trinajstić information content (AvgIpc) is 2.65. The molecule has 0 heterocycles. The van der Waals surface area contributed by atoms with E-state index in [0.29, 0.717) is 57.8 Å². The summed E-state index contributed by atoms with van der Waals surface area (Å²) in [6, 6.07) is 7.72. The molecule has 0 spiro atoms. The predicted octanol–water partition coefficient (Wildman–Crippen LogP) is 2.41. The lowest BCUT2D eigenvalue weighted by molar-refractivity contribution is 0.0155. The van der Waals surface area contributed by atoms with Gasteiger partial charge in [-0.15, -0.1) is 0 Å². The molecule has 0 radical (unpaired) electrons. The van der Waals surface area contributed by atoms with Gasteiger partial charge in [-0.1, -0.05) is 20.4 Å². The van der Waals surface area contributed by atoms with E-state index in [2.05, 4.69) is 36.4 Å². The van der Waals surface area contributed by atoms with Crippen LogP contribution in [0, 0.1) is 0 Å². The van der Waals surface area contributed by atoms with Crippen LogP contribution in [0.25, 0.3) is 0 Å². The number of nitrogens with one attached hydrogen (secondary N) is 3. The second-order valence-corrected chi connectivity index (χ2v) is 6.68. The number of allylic oxidation sites excluding steroid dienone is 1. The molecule has 1 aromatic rings. The summed E-state index contributed by atoms with van der Waals surface area (Å²) in [6.07, 6.45) is 0. The van der Waals surface area contributed by atoms with Gasteiger partial charge in [-0.3, -0.25) is 4.79 Å². The lowest BCUT2D eigenvalue weighted by atomic mass is 10.2. The van der Waals surface area contributed by atoms with Gasteiger partial charge in [0.15, 0.2) is 0 Å². The molecule has 0 bridgehead atoms. The molecule has 0 saturated carbocycles. The van der Waals surface area contributed by atoms with Crippen LogP contribution in [0.1, 0.15) is 31.1 Å². The minimum absolute atomic E-state index is 0.120. The highest BCUT2D eigenvalue weighted by atomic mass is 16.5. The standard InChI is InChI=1S/C21H35N3O4/c1-17(2)22-9-11-26-13-15-28-16-14-27-12-10-23-21(25)19-5-7-20(8-6-19)24-18(3)4/h5-8,17,22,24H,3,9-16H2,1-2,4H3,(H,23,25). The SMILES string of the molecule is C=C(C)Nc1ccc(C(=O)NCCOCCOCCOCCNC(C)C)cc1. The molecule has 0 aromatic heterocycles. The number of carbonyl (C=O) groups excluding carboxylic acids is 1. The van der Waals surface area contributed by atoms with Gasteiger partial charge < -0.3 is 30.2 Å². The molecule has 1 aromatic carbocycles. The number of carbonyl (C=O) groups is 1. The Morgan fingerprint density at radius 2 is 1.46 bits per heavy atom. The highest BCUT2D eigenvalue weighted by Gasteiger charge is 2.04. The third kappa shape index (κ3) is 12.5. The Morgan fingerprint density at radius 3 is 2.00 bits per heavy atom. The normalized spacial score (nSPS) is 10.9. The monoisotopic (exact) mass is 393 g/mol. The van der Waals surface area contributed by atoms with Crippen molar-refractivity contribution in [2.24, 2.45) is 0 Å². The summed E-state index contributed by atoms with van der Waals surface area (Å²) in [7, 11) is 0. The summed E-state index contributed by atoms with van der Waals surface area (Å²) in [4.78, 5) is 12.0. The summed E-state index contributed by atoms with van der Waals surface area (Å²) >= 11 is 0. The summed E-state index contributed by atoms with van der Waals surface area (Å²) in [5.74, 6) is -0.120. The molecule has 1 rings (SSSR count). The second kappa shape index (κ2) is 15.0. The van der Waals surface area contributed by atoms with Crippen LogP contribution in [0.15, 0.2) is 36.5 Å². The van der Waals surface area contributed by atoms with Crippen molar-refractivity contribution in [3.8, 4) is 0 Å². The number of benzene rings is 1. The molecular weight excluding hydrogens is 358 g/mol. The average molecular weight is 394 g/mol. The lowest BCUT2D eigenvalue weighted by Crippen LogP contribution is -2.27. The van der Waals surface area contributed by atoms with Crippen molar-refractivity contribution >= 4 is 11.6 Å². The van der Waals surface area contributed by atoms with Crippen molar-refractivity contribution < 1.29 is 19.0 Å². The Labute approximate surface area is 168 Å². The number of ether oxygens (including phenoxy) is 3. The van der Waals surface area contributed by atoms with E-state index in [1.807, 2.05) is 19.1 Å². The Kier molecular flexibility index (Phi) is 13.0. The molecule has 0 fully saturated rings. The summed E-state index contributed by atoms with van der Waals surface area (Å²) < 4.78 is 16.3. The summed E-state index contributed by atoms with van der Waals surface area (Å²) in [5.41, 5.74) is 2.37. The molecule has 0 aliphatic heterocycles. The van der Waals surface area contributed by atoms with E-state index in [4.69, 9.17) is 14.2 Å². The number of rotatable bonds is 16. The van der Waals surface area contributed by atoms with Gasteiger partial charge in [0.2, 0.25) is 0 Å². The van der Waals surface area contributed by atoms with E-state index in [1.54, 1.807) is 12.1 Å². The van der Waals surface area contributed by atoms with Gasteiger partial charge in [0.05, 0.1) is 39.6 Å². The molecule has 1 amide bonds. The molecule has 0 aliphatic carbocycles. The molecule has 7 heteroatoms. The van der Waals surface area contributed by atoms with Gasteiger partial charge in [-0.2, -0.15) is 0 Å². The van der Waals surface area contributed by atoms with E-state index in [9.17, 15) is 4.79 Å². The molecule has 0 atom stereocenters. The first-order valence-electron chi connectivity index (χ1n) is 9.76. The zero-order chi connectivity index (χ0) is 20.6. The maximum atomic E-state index is 12.0. The van der Waals surface area contributed by atoms with E-state index < -0.39 is 0 Å². The second-order valence-electron chi connectivity index (χ2n) is 6.68. The van der Waals surface area contributed by atoms with Crippen LogP contribution >= 0.6 is 0 Å². The third-order valence-corrected chi connectivity index (χ3v) is 3.58. The first-order chi connectivity index (χ1) is 13.5. The molecule has 28 heavy (non-hydrogen) atoms. The van der Waals surface area contributed by atoms with Crippen LogP contribution in [0.2, 0.25) is 0 Å².